The first-order valence-corrected chi connectivity index (χ1v) is 6.23. The number of β-lactam (4-membered cyclic amide) rings is 1. The van der Waals surface area contributed by atoms with Gasteiger partial charge in [0, 0.05) is 12.2 Å². The number of hydrogen-bond acceptors (Lipinski definition) is 3. The number of nitrogens with zero attached hydrogens (tertiary/aromatic N) is 1. The van der Waals surface area contributed by atoms with Crippen molar-refractivity contribution in [1.82, 2.24) is 4.90 Å². The molecule has 0 aromatic carbocycles. The number of halogens is 1. The van der Waals surface area contributed by atoms with Crippen LogP contribution in [0.25, 0.3) is 0 Å². The van der Waals surface area contributed by atoms with E-state index in [0.717, 1.165) is 5.75 Å². The van der Waals surface area contributed by atoms with Gasteiger partial charge in [-0.15, -0.1) is 11.8 Å². The Morgan fingerprint density at radius 1 is 1.77 bits per heavy atom. The summed E-state index contributed by atoms with van der Waals surface area (Å²) in [5.41, 5.74) is 0. The minimum absolute atomic E-state index is 0.0628. The molecule has 13 heavy (non-hydrogen) atoms. The summed E-state index contributed by atoms with van der Waals surface area (Å²) >= 11 is 5.00. The standard InChI is InChI=1S/C8H10BrNO2S/c1-2-5(11)4-3-13-8-6(9)7(12)10(4)8/h4,6,8H,2-3H2,1H3/t4?,6-,8-/m0/s1. The average Bonchev–Trinajstić information content (AvgIpc) is 2.56. The van der Waals surface area contributed by atoms with Crippen molar-refractivity contribution in [1.29, 1.82) is 0 Å². The number of alkyl halides is 1. The molecule has 2 aliphatic rings. The predicted octanol–water partition coefficient (Wildman–Crippen LogP) is 1.01. The Hall–Kier alpha value is -0.0300. The van der Waals surface area contributed by atoms with Gasteiger partial charge < -0.3 is 4.90 Å². The minimum Gasteiger partial charge on any atom is -0.317 e. The zero-order valence-corrected chi connectivity index (χ0v) is 9.60. The fourth-order valence-corrected chi connectivity index (χ4v) is 4.07. The number of Topliss-reactive ketones (excluding diaryl/α,β-unsaturated/α-hetero) is 1. The van der Waals surface area contributed by atoms with Crippen LogP contribution in [0.4, 0.5) is 0 Å². The lowest BCUT2D eigenvalue weighted by atomic mass is 10.1. The topological polar surface area (TPSA) is 37.4 Å². The van der Waals surface area contributed by atoms with E-state index in [-0.39, 0.29) is 27.9 Å². The van der Waals surface area contributed by atoms with Crippen LogP contribution in [0, 0.1) is 0 Å². The Bertz CT molecular complexity index is 263. The van der Waals surface area contributed by atoms with Gasteiger partial charge in [-0.3, -0.25) is 9.59 Å². The van der Waals surface area contributed by atoms with E-state index >= 15 is 0 Å². The number of rotatable bonds is 2. The van der Waals surface area contributed by atoms with Crippen molar-refractivity contribution in [2.45, 2.75) is 29.6 Å². The molecule has 0 aliphatic carbocycles. The van der Waals surface area contributed by atoms with Crippen molar-refractivity contribution in [2.24, 2.45) is 0 Å². The molecule has 3 nitrogen and oxygen atoms in total. The average molecular weight is 264 g/mol. The van der Waals surface area contributed by atoms with E-state index in [0.29, 0.717) is 6.42 Å². The maximum Gasteiger partial charge on any atom is 0.240 e. The van der Waals surface area contributed by atoms with Crippen LogP contribution < -0.4 is 0 Å². The van der Waals surface area contributed by atoms with Gasteiger partial charge in [-0.2, -0.15) is 0 Å². The first kappa shape index (κ1) is 9.52. The quantitative estimate of drug-likeness (QED) is 0.552. The van der Waals surface area contributed by atoms with Crippen molar-refractivity contribution in [3.05, 3.63) is 0 Å². The van der Waals surface area contributed by atoms with Crippen molar-refractivity contribution in [3.8, 4) is 0 Å². The lowest BCUT2D eigenvalue weighted by Gasteiger charge is -2.41. The van der Waals surface area contributed by atoms with Crippen molar-refractivity contribution < 1.29 is 9.59 Å². The number of carbonyl (C=O) groups is 2. The molecular weight excluding hydrogens is 254 g/mol. The summed E-state index contributed by atoms with van der Waals surface area (Å²) in [6, 6.07) is -0.152. The van der Waals surface area contributed by atoms with Crippen LogP contribution in [0.3, 0.4) is 0 Å². The highest BCUT2D eigenvalue weighted by atomic mass is 79.9. The number of ketones is 1. The van der Waals surface area contributed by atoms with Crippen molar-refractivity contribution in [3.63, 3.8) is 0 Å². The van der Waals surface area contributed by atoms with Gasteiger partial charge in [0.05, 0.1) is 0 Å². The Morgan fingerprint density at radius 3 is 3.08 bits per heavy atom. The lowest BCUT2D eigenvalue weighted by molar-refractivity contribution is -0.146. The molecule has 3 atom stereocenters. The van der Waals surface area contributed by atoms with E-state index in [4.69, 9.17) is 0 Å². The maximum atomic E-state index is 11.4. The maximum absolute atomic E-state index is 11.4. The molecule has 0 saturated carbocycles. The first-order valence-electron chi connectivity index (χ1n) is 4.27. The Labute approximate surface area is 89.4 Å². The highest BCUT2D eigenvalue weighted by molar-refractivity contribution is 9.10. The molecule has 1 amide bonds. The van der Waals surface area contributed by atoms with Crippen LogP contribution >= 0.6 is 27.7 Å². The van der Waals surface area contributed by atoms with Crippen LogP contribution in [0.1, 0.15) is 13.3 Å². The van der Waals surface area contributed by atoms with Gasteiger partial charge >= 0.3 is 0 Å². The lowest BCUT2D eigenvalue weighted by Crippen LogP contribution is -2.62. The Morgan fingerprint density at radius 2 is 2.46 bits per heavy atom. The normalized spacial score (nSPS) is 37.2. The Balaban J connectivity index is 2.11. The molecule has 0 aromatic heterocycles. The van der Waals surface area contributed by atoms with E-state index in [1.807, 2.05) is 6.92 Å². The minimum atomic E-state index is -0.152. The van der Waals surface area contributed by atoms with Crippen LogP contribution in [0.2, 0.25) is 0 Å². The predicted molar refractivity (Wildman–Crippen MR) is 54.9 cm³/mol. The van der Waals surface area contributed by atoms with Crippen LogP contribution in [-0.4, -0.2) is 38.6 Å². The van der Waals surface area contributed by atoms with E-state index in [1.165, 1.54) is 0 Å². The SMILES string of the molecule is CCC(=O)C1CS[C@H]2[C@@H](Br)C(=O)N12. The molecule has 1 unspecified atom stereocenters. The van der Waals surface area contributed by atoms with Gasteiger partial charge in [-0.1, -0.05) is 22.9 Å². The second-order valence-electron chi connectivity index (χ2n) is 3.21. The van der Waals surface area contributed by atoms with Crippen LogP contribution in [-0.2, 0) is 9.59 Å². The van der Waals surface area contributed by atoms with Gasteiger partial charge in [0.15, 0.2) is 5.78 Å². The summed E-state index contributed by atoms with van der Waals surface area (Å²) in [4.78, 5) is 24.5. The Kier molecular flexibility index (Phi) is 2.40. The van der Waals surface area contributed by atoms with Crippen LogP contribution in [0.5, 0.6) is 0 Å². The summed E-state index contributed by atoms with van der Waals surface area (Å²) in [7, 11) is 0. The number of thioether (sulfide) groups is 1. The van der Waals surface area contributed by atoms with Crippen molar-refractivity contribution >= 4 is 39.4 Å². The molecule has 2 aliphatic heterocycles. The second-order valence-corrected chi connectivity index (χ2v) is 5.34. The zero-order valence-electron chi connectivity index (χ0n) is 7.20. The smallest absolute Gasteiger partial charge is 0.240 e. The molecule has 2 saturated heterocycles. The number of carbonyl (C=O) groups excluding carboxylic acids is 2. The summed E-state index contributed by atoms with van der Waals surface area (Å²) in [5.74, 6) is 1.02. The summed E-state index contributed by atoms with van der Waals surface area (Å²) in [6.07, 6.45) is 0.522. The van der Waals surface area contributed by atoms with Gasteiger partial charge in [0.1, 0.15) is 16.2 Å². The molecule has 5 heteroatoms. The van der Waals surface area contributed by atoms with Gasteiger partial charge in [-0.25, -0.2) is 0 Å². The largest absolute Gasteiger partial charge is 0.317 e. The monoisotopic (exact) mass is 263 g/mol. The molecule has 0 bridgehead atoms. The van der Waals surface area contributed by atoms with E-state index in [2.05, 4.69) is 15.9 Å². The molecule has 72 valence electrons. The number of fused-ring (bicyclic) bond motifs is 1. The van der Waals surface area contributed by atoms with Crippen LogP contribution in [0.15, 0.2) is 0 Å². The fraction of sp³-hybridized carbons (Fsp3) is 0.750. The molecule has 2 heterocycles. The van der Waals surface area contributed by atoms with E-state index in [9.17, 15) is 9.59 Å². The van der Waals surface area contributed by atoms with Gasteiger partial charge in [-0.05, 0) is 0 Å². The summed E-state index contributed by atoms with van der Waals surface area (Å²) < 4.78 is 0. The highest BCUT2D eigenvalue weighted by Gasteiger charge is 2.54. The molecule has 0 spiro atoms. The molecule has 0 N–H and O–H groups in total. The molecule has 0 aromatic rings. The second kappa shape index (κ2) is 3.28. The van der Waals surface area contributed by atoms with Gasteiger partial charge in [0.25, 0.3) is 0 Å². The third-order valence-electron chi connectivity index (χ3n) is 2.50. The van der Waals surface area contributed by atoms with E-state index in [1.54, 1.807) is 16.7 Å². The number of hydrogen-bond donors (Lipinski definition) is 0. The van der Waals surface area contributed by atoms with Crippen molar-refractivity contribution in [2.75, 3.05) is 5.75 Å². The summed E-state index contributed by atoms with van der Waals surface area (Å²) in [5, 5.41) is 0.202. The molecule has 2 rings (SSSR count). The third kappa shape index (κ3) is 1.24. The highest BCUT2D eigenvalue weighted by Crippen LogP contribution is 2.43. The molecule has 2 fully saturated rings. The molecule has 0 radical (unpaired) electrons. The third-order valence-corrected chi connectivity index (χ3v) is 5.09. The zero-order chi connectivity index (χ0) is 9.59. The fourth-order valence-electron chi connectivity index (χ4n) is 1.70. The summed E-state index contributed by atoms with van der Waals surface area (Å²) in [6.45, 7) is 1.84. The number of amides is 1. The molecular formula is C8H10BrNO2S. The first-order chi connectivity index (χ1) is 6.16. The van der Waals surface area contributed by atoms with Gasteiger partial charge in [0.2, 0.25) is 5.91 Å². The van der Waals surface area contributed by atoms with E-state index < -0.39 is 0 Å².